The molecule has 0 aromatic carbocycles. The molecule has 76 valence electrons. The smallest absolute Gasteiger partial charge is 0.305 e. The van der Waals surface area contributed by atoms with Gasteiger partial charge in [0.15, 0.2) is 0 Å². The number of aliphatic hydroxyl groups is 3. The number of hydrogen-bond donors (Lipinski definition) is 3. The van der Waals surface area contributed by atoms with Crippen LogP contribution in [0.5, 0.6) is 0 Å². The fraction of sp³-hybridized carbons (Fsp3) is 0.857. The van der Waals surface area contributed by atoms with Gasteiger partial charge < -0.3 is 24.8 Å². The van der Waals surface area contributed by atoms with Gasteiger partial charge in [0.25, 0.3) is 0 Å². The van der Waals surface area contributed by atoms with E-state index >= 15 is 0 Å². The predicted octanol–water partition coefficient (Wildman–Crippen LogP) is -2.01. The van der Waals surface area contributed by atoms with E-state index in [0.717, 1.165) is 0 Å². The minimum Gasteiger partial charge on any atom is -0.433 e. The first-order valence-corrected chi connectivity index (χ1v) is 3.71. The lowest BCUT2D eigenvalue weighted by Gasteiger charge is -2.13. The summed E-state index contributed by atoms with van der Waals surface area (Å²) in [6.07, 6.45) is -4.94. The minimum absolute atomic E-state index is 0.479. The molecule has 1 heterocycles. The van der Waals surface area contributed by atoms with Crippen molar-refractivity contribution in [3.63, 3.8) is 0 Å². The maximum atomic E-state index is 10.7. The summed E-state index contributed by atoms with van der Waals surface area (Å²) in [6, 6.07) is 0. The van der Waals surface area contributed by atoms with E-state index in [0.29, 0.717) is 0 Å². The van der Waals surface area contributed by atoms with Gasteiger partial charge in [0, 0.05) is 8.27 Å². The van der Waals surface area contributed by atoms with Crippen molar-refractivity contribution >= 4 is 5.97 Å². The van der Waals surface area contributed by atoms with Crippen LogP contribution in [0.3, 0.4) is 0 Å². The molecule has 0 aliphatic carbocycles. The fourth-order valence-electron chi connectivity index (χ4n) is 1.09. The third-order valence-electron chi connectivity index (χ3n) is 1.75. The second kappa shape index (κ2) is 4.01. The monoisotopic (exact) mass is 193 g/mol. The van der Waals surface area contributed by atoms with Gasteiger partial charge in [-0.05, 0) is 0 Å². The summed E-state index contributed by atoms with van der Waals surface area (Å²) in [7, 11) is 0. The Balaban J connectivity index is 2.52. The highest BCUT2D eigenvalue weighted by Crippen LogP contribution is 2.21. The third-order valence-corrected chi connectivity index (χ3v) is 1.75. The molecule has 0 bridgehead atoms. The van der Waals surface area contributed by atoms with Crippen molar-refractivity contribution in [1.82, 2.24) is 0 Å². The molecule has 6 nitrogen and oxygen atoms in total. The summed E-state index contributed by atoms with van der Waals surface area (Å²) in [5.41, 5.74) is 0. The number of carbonyl (C=O) groups excluding carboxylic acids is 1. The Bertz CT molecular complexity index is 210. The summed E-state index contributed by atoms with van der Waals surface area (Å²) in [5, 5.41) is 27.2. The van der Waals surface area contributed by atoms with Crippen LogP contribution >= 0.6 is 0 Å². The van der Waals surface area contributed by atoms with Crippen LogP contribution in [-0.4, -0.2) is 52.5 Å². The molecule has 1 fully saturated rings. The van der Waals surface area contributed by atoms with Crippen molar-refractivity contribution in [2.75, 3.05) is 6.61 Å². The number of hydrogen-bond acceptors (Lipinski definition) is 6. The predicted molar refractivity (Wildman–Crippen MR) is 39.5 cm³/mol. The quantitative estimate of drug-likeness (QED) is 0.438. The molecular formula is C7H12O6. The van der Waals surface area contributed by atoms with Gasteiger partial charge in [-0.3, -0.25) is 4.79 Å². The van der Waals surface area contributed by atoms with Crippen LogP contribution in [0.15, 0.2) is 0 Å². The standard InChI is InChI=1S/C7H12O6/c1-3(9)12-7-6(11)5(10)4(2-8)13-7/h4-8,10-11H,2H2,1H3/t4-,5+,6-,7?/m1/s1/i1D. The lowest BCUT2D eigenvalue weighted by atomic mass is 10.1. The topological polar surface area (TPSA) is 96.2 Å². The van der Waals surface area contributed by atoms with Crippen molar-refractivity contribution in [3.05, 3.63) is 0 Å². The van der Waals surface area contributed by atoms with Crippen LogP contribution in [0.25, 0.3) is 0 Å². The maximum Gasteiger partial charge on any atom is 0.305 e. The lowest BCUT2D eigenvalue weighted by Crippen LogP contribution is -2.35. The van der Waals surface area contributed by atoms with Gasteiger partial charge in [0.1, 0.15) is 18.3 Å². The zero-order valence-electron chi connectivity index (χ0n) is 7.79. The van der Waals surface area contributed by atoms with Gasteiger partial charge in [-0.15, -0.1) is 0 Å². The van der Waals surface area contributed by atoms with E-state index in [2.05, 4.69) is 4.74 Å². The fourth-order valence-corrected chi connectivity index (χ4v) is 1.09. The Labute approximate surface area is 76.1 Å². The largest absolute Gasteiger partial charge is 0.433 e. The van der Waals surface area contributed by atoms with Crippen molar-refractivity contribution in [2.45, 2.75) is 31.5 Å². The Kier molecular flexibility index (Phi) is 2.74. The summed E-state index contributed by atoms with van der Waals surface area (Å²) in [6.45, 7) is -1.07. The van der Waals surface area contributed by atoms with E-state index in [4.69, 9.17) is 11.2 Å². The molecule has 3 N–H and O–H groups in total. The van der Waals surface area contributed by atoms with Gasteiger partial charge in [0.05, 0.1) is 6.61 Å². The molecule has 0 spiro atoms. The van der Waals surface area contributed by atoms with E-state index in [1.54, 1.807) is 0 Å². The molecule has 1 aliphatic rings. The van der Waals surface area contributed by atoms with Gasteiger partial charge in [-0.1, -0.05) is 0 Å². The molecule has 0 aromatic heterocycles. The van der Waals surface area contributed by atoms with Crippen molar-refractivity contribution in [1.29, 1.82) is 0 Å². The highest BCUT2D eigenvalue weighted by Gasteiger charge is 2.44. The van der Waals surface area contributed by atoms with Crippen LogP contribution in [0, 0.1) is 0 Å². The zero-order valence-corrected chi connectivity index (χ0v) is 6.79. The molecule has 0 saturated carbocycles. The SMILES string of the molecule is [2H]CC(=O)OC1O[C@H](CO)[C@H](O)[C@H]1O. The molecule has 1 unspecified atom stereocenters. The van der Waals surface area contributed by atoms with Crippen molar-refractivity contribution < 1.29 is 31.0 Å². The minimum atomic E-state index is -1.39. The Hall–Kier alpha value is -0.690. The van der Waals surface area contributed by atoms with E-state index in [1.165, 1.54) is 0 Å². The van der Waals surface area contributed by atoms with E-state index < -0.39 is 44.1 Å². The number of aliphatic hydroxyl groups excluding tert-OH is 3. The molecule has 0 amide bonds. The molecule has 13 heavy (non-hydrogen) atoms. The second-order valence-corrected chi connectivity index (χ2v) is 2.70. The highest BCUT2D eigenvalue weighted by atomic mass is 16.7. The highest BCUT2D eigenvalue weighted by molar-refractivity contribution is 5.66. The van der Waals surface area contributed by atoms with Crippen LogP contribution in [-0.2, 0) is 14.3 Å². The van der Waals surface area contributed by atoms with E-state index in [9.17, 15) is 15.0 Å². The molecule has 1 aliphatic heterocycles. The summed E-state index contributed by atoms with van der Waals surface area (Å²) in [4.78, 5) is 10.7. The molecule has 1 rings (SSSR count). The Morgan fingerprint density at radius 2 is 2.31 bits per heavy atom. The molecule has 1 saturated heterocycles. The number of rotatable bonds is 2. The average Bonchev–Trinajstić information content (AvgIpc) is 2.45. The van der Waals surface area contributed by atoms with Crippen molar-refractivity contribution in [3.8, 4) is 0 Å². The van der Waals surface area contributed by atoms with Crippen molar-refractivity contribution in [2.24, 2.45) is 0 Å². The number of carbonyl (C=O) groups is 1. The van der Waals surface area contributed by atoms with Gasteiger partial charge in [-0.25, -0.2) is 0 Å². The summed E-state index contributed by atoms with van der Waals surface area (Å²) in [5.74, 6) is -0.861. The van der Waals surface area contributed by atoms with Gasteiger partial charge in [0.2, 0.25) is 6.29 Å². The van der Waals surface area contributed by atoms with E-state index in [-0.39, 0.29) is 0 Å². The summed E-state index contributed by atoms with van der Waals surface area (Å²) < 4.78 is 16.0. The van der Waals surface area contributed by atoms with Crippen LogP contribution < -0.4 is 0 Å². The first kappa shape index (κ1) is 8.89. The molecule has 4 atom stereocenters. The number of esters is 1. The number of ether oxygens (including phenoxy) is 2. The maximum absolute atomic E-state index is 10.7. The van der Waals surface area contributed by atoms with Crippen LogP contribution in [0.2, 0.25) is 0 Å². The third kappa shape index (κ3) is 2.16. The first-order valence-electron chi connectivity index (χ1n) is 4.42. The molecule has 6 heteroatoms. The van der Waals surface area contributed by atoms with Gasteiger partial charge in [-0.2, -0.15) is 0 Å². The first-order chi connectivity index (χ1) is 6.60. The lowest BCUT2D eigenvalue weighted by molar-refractivity contribution is -0.187. The zero-order chi connectivity index (χ0) is 10.7. The Morgan fingerprint density at radius 1 is 1.62 bits per heavy atom. The molecule has 0 radical (unpaired) electrons. The molecular weight excluding hydrogens is 180 g/mol. The Morgan fingerprint density at radius 3 is 2.77 bits per heavy atom. The van der Waals surface area contributed by atoms with Gasteiger partial charge >= 0.3 is 5.97 Å². The summed E-state index contributed by atoms with van der Waals surface area (Å²) >= 11 is 0. The van der Waals surface area contributed by atoms with Crippen LogP contribution in [0.1, 0.15) is 8.27 Å². The normalized spacial score (nSPS) is 40.1. The average molecular weight is 193 g/mol. The molecule has 0 aromatic rings. The van der Waals surface area contributed by atoms with Crippen LogP contribution in [0.4, 0.5) is 0 Å². The van der Waals surface area contributed by atoms with E-state index in [1.807, 2.05) is 0 Å². The second-order valence-electron chi connectivity index (χ2n) is 2.70.